The maximum absolute atomic E-state index is 12.8. The average Bonchev–Trinajstić information content (AvgIpc) is 3.47. The second-order valence-corrected chi connectivity index (χ2v) is 9.96. The first-order chi connectivity index (χ1) is 15.3. The molecule has 1 atom stereocenters. The summed E-state index contributed by atoms with van der Waals surface area (Å²) in [6.45, 7) is 4.48. The minimum absolute atomic E-state index is 0.00264. The number of ether oxygens (including phenoxy) is 1. The molecule has 1 fully saturated rings. The Labute approximate surface area is 191 Å². The fraction of sp³-hybridized carbons (Fsp3) is 0.318. The summed E-state index contributed by atoms with van der Waals surface area (Å²) in [5, 5.41) is 8.06. The van der Waals surface area contributed by atoms with E-state index in [2.05, 4.69) is 10.2 Å². The Kier molecular flexibility index (Phi) is 6.32. The molecule has 0 spiro atoms. The van der Waals surface area contributed by atoms with Crippen LogP contribution in [0.15, 0.2) is 51.8 Å². The van der Waals surface area contributed by atoms with Gasteiger partial charge in [-0.15, -0.1) is 10.2 Å². The summed E-state index contributed by atoms with van der Waals surface area (Å²) in [6.07, 6.45) is 0.770. The number of hydrogen-bond acceptors (Lipinski definition) is 7. The molecular formula is C22H22ClN3O5S. The lowest BCUT2D eigenvalue weighted by Crippen LogP contribution is -2.28. The van der Waals surface area contributed by atoms with Gasteiger partial charge in [0.05, 0.1) is 15.5 Å². The van der Waals surface area contributed by atoms with E-state index in [1.807, 2.05) is 31.2 Å². The van der Waals surface area contributed by atoms with Gasteiger partial charge in [0.25, 0.3) is 5.89 Å². The van der Waals surface area contributed by atoms with Gasteiger partial charge in [-0.2, -0.15) is 4.31 Å². The first-order valence-corrected chi connectivity index (χ1v) is 12.0. The van der Waals surface area contributed by atoms with Crippen LogP contribution in [0.25, 0.3) is 11.5 Å². The highest BCUT2D eigenvalue weighted by molar-refractivity contribution is 7.89. The van der Waals surface area contributed by atoms with Crippen molar-refractivity contribution in [2.75, 3.05) is 13.1 Å². The molecule has 1 aliphatic rings. The van der Waals surface area contributed by atoms with E-state index in [0.29, 0.717) is 19.0 Å². The minimum Gasteiger partial charge on any atom is -0.449 e. The summed E-state index contributed by atoms with van der Waals surface area (Å²) in [6, 6.07) is 11.6. The molecule has 1 unspecified atom stereocenters. The van der Waals surface area contributed by atoms with E-state index in [1.165, 1.54) is 22.5 Å². The maximum atomic E-state index is 12.8. The number of carbonyl (C=O) groups excluding carboxylic acids is 1. The molecule has 1 aliphatic heterocycles. The summed E-state index contributed by atoms with van der Waals surface area (Å²) in [7, 11) is -3.70. The summed E-state index contributed by atoms with van der Waals surface area (Å²) < 4.78 is 38.1. The second-order valence-electron chi connectivity index (χ2n) is 7.61. The number of sulfonamides is 1. The molecule has 10 heteroatoms. The Balaban J connectivity index is 1.52. The predicted octanol–water partition coefficient (Wildman–Crippen LogP) is 4.40. The van der Waals surface area contributed by atoms with Crippen molar-refractivity contribution in [1.29, 1.82) is 0 Å². The van der Waals surface area contributed by atoms with Crippen molar-refractivity contribution in [3.05, 3.63) is 64.5 Å². The van der Waals surface area contributed by atoms with E-state index >= 15 is 0 Å². The molecule has 0 bridgehead atoms. The van der Waals surface area contributed by atoms with Gasteiger partial charge in [-0.05, 0) is 57.0 Å². The van der Waals surface area contributed by atoms with Crippen molar-refractivity contribution in [2.24, 2.45) is 0 Å². The monoisotopic (exact) mass is 475 g/mol. The Bertz CT molecular complexity index is 1230. The Morgan fingerprint density at radius 3 is 2.50 bits per heavy atom. The quantitative estimate of drug-likeness (QED) is 0.486. The van der Waals surface area contributed by atoms with Gasteiger partial charge in [-0.1, -0.05) is 29.3 Å². The van der Waals surface area contributed by atoms with E-state index in [4.69, 9.17) is 20.8 Å². The highest BCUT2D eigenvalue weighted by atomic mass is 35.5. The topological polar surface area (TPSA) is 103 Å². The lowest BCUT2D eigenvalue weighted by Gasteiger charge is -2.16. The van der Waals surface area contributed by atoms with Crippen LogP contribution in [0.4, 0.5) is 0 Å². The van der Waals surface area contributed by atoms with Crippen LogP contribution in [-0.4, -0.2) is 42.0 Å². The lowest BCUT2D eigenvalue weighted by atomic mass is 10.1. The van der Waals surface area contributed by atoms with Gasteiger partial charge >= 0.3 is 5.97 Å². The largest absolute Gasteiger partial charge is 0.449 e. The SMILES string of the molecule is Cc1ccc(-c2nnc(C(C)OC(=O)c3cc(S(=O)(=O)N4CCCC4)ccc3Cl)o2)cc1. The number of carbonyl (C=O) groups is 1. The summed E-state index contributed by atoms with van der Waals surface area (Å²) in [5.41, 5.74) is 1.80. The third kappa shape index (κ3) is 4.55. The summed E-state index contributed by atoms with van der Waals surface area (Å²) >= 11 is 6.17. The highest BCUT2D eigenvalue weighted by Gasteiger charge is 2.29. The molecule has 1 saturated heterocycles. The van der Waals surface area contributed by atoms with Crippen molar-refractivity contribution in [3.63, 3.8) is 0 Å². The standard InChI is InChI=1S/C22H22ClN3O5S/c1-14-5-7-16(8-6-14)21-25-24-20(31-21)15(2)30-22(27)18-13-17(9-10-19(18)23)32(28,29)26-11-3-4-12-26/h5-10,13,15H,3-4,11-12H2,1-2H3. The molecule has 2 aromatic carbocycles. The van der Waals surface area contributed by atoms with Crippen LogP contribution in [0.5, 0.6) is 0 Å². The molecule has 168 valence electrons. The number of nitrogens with zero attached hydrogens (tertiary/aromatic N) is 3. The second kappa shape index (κ2) is 9.01. The fourth-order valence-electron chi connectivity index (χ4n) is 3.38. The van der Waals surface area contributed by atoms with Gasteiger partial charge in [0.2, 0.25) is 15.9 Å². The van der Waals surface area contributed by atoms with E-state index in [-0.39, 0.29) is 21.4 Å². The van der Waals surface area contributed by atoms with E-state index < -0.39 is 22.1 Å². The zero-order valence-electron chi connectivity index (χ0n) is 17.6. The van der Waals surface area contributed by atoms with Crippen LogP contribution >= 0.6 is 11.6 Å². The molecule has 2 heterocycles. The van der Waals surface area contributed by atoms with Crippen molar-refractivity contribution in [1.82, 2.24) is 14.5 Å². The zero-order valence-corrected chi connectivity index (χ0v) is 19.2. The first kappa shape index (κ1) is 22.4. The molecule has 32 heavy (non-hydrogen) atoms. The molecule has 0 aliphatic carbocycles. The van der Waals surface area contributed by atoms with E-state index in [1.54, 1.807) is 6.92 Å². The van der Waals surface area contributed by atoms with Crippen LogP contribution in [0, 0.1) is 6.92 Å². The number of aromatic nitrogens is 2. The number of halogens is 1. The Morgan fingerprint density at radius 2 is 1.81 bits per heavy atom. The molecule has 0 N–H and O–H groups in total. The van der Waals surface area contributed by atoms with Crippen molar-refractivity contribution >= 4 is 27.6 Å². The normalized spacial score (nSPS) is 15.6. The minimum atomic E-state index is -3.70. The van der Waals surface area contributed by atoms with Crippen LogP contribution < -0.4 is 0 Å². The Hall–Kier alpha value is -2.75. The molecule has 4 rings (SSSR count). The van der Waals surface area contributed by atoms with Gasteiger partial charge in [0, 0.05) is 18.7 Å². The van der Waals surface area contributed by atoms with Crippen molar-refractivity contribution < 1.29 is 22.4 Å². The third-order valence-electron chi connectivity index (χ3n) is 5.23. The van der Waals surface area contributed by atoms with Gasteiger partial charge in [-0.25, -0.2) is 13.2 Å². The first-order valence-electron chi connectivity index (χ1n) is 10.2. The molecule has 0 amide bonds. The summed E-state index contributed by atoms with van der Waals surface area (Å²) in [5.74, 6) is -0.360. The van der Waals surface area contributed by atoms with E-state index in [0.717, 1.165) is 24.0 Å². The van der Waals surface area contributed by atoms with Crippen molar-refractivity contribution in [3.8, 4) is 11.5 Å². The number of aryl methyl sites for hydroxylation is 1. The molecular weight excluding hydrogens is 454 g/mol. The number of benzene rings is 2. The molecule has 1 aromatic heterocycles. The van der Waals surface area contributed by atoms with Crippen LogP contribution in [0.2, 0.25) is 5.02 Å². The van der Waals surface area contributed by atoms with Gasteiger partial charge in [-0.3, -0.25) is 0 Å². The molecule has 3 aromatic rings. The molecule has 0 saturated carbocycles. The maximum Gasteiger partial charge on any atom is 0.340 e. The van der Waals surface area contributed by atoms with Crippen LogP contribution in [0.3, 0.4) is 0 Å². The smallest absolute Gasteiger partial charge is 0.340 e. The number of hydrogen-bond donors (Lipinski definition) is 0. The van der Waals surface area contributed by atoms with Crippen LogP contribution in [0.1, 0.15) is 47.7 Å². The Morgan fingerprint density at radius 1 is 1.12 bits per heavy atom. The van der Waals surface area contributed by atoms with Crippen LogP contribution in [-0.2, 0) is 14.8 Å². The van der Waals surface area contributed by atoms with Crippen molar-refractivity contribution in [2.45, 2.75) is 37.7 Å². The van der Waals surface area contributed by atoms with Gasteiger partial charge < -0.3 is 9.15 Å². The van der Waals surface area contributed by atoms with Gasteiger partial charge in [0.1, 0.15) is 0 Å². The average molecular weight is 476 g/mol. The zero-order chi connectivity index (χ0) is 22.9. The predicted molar refractivity (Wildman–Crippen MR) is 118 cm³/mol. The fourth-order valence-corrected chi connectivity index (χ4v) is 5.12. The highest BCUT2D eigenvalue weighted by Crippen LogP contribution is 2.28. The summed E-state index contributed by atoms with van der Waals surface area (Å²) in [4.78, 5) is 12.8. The molecule has 8 nitrogen and oxygen atoms in total. The lowest BCUT2D eigenvalue weighted by molar-refractivity contribution is 0.0280. The molecule has 0 radical (unpaired) electrons. The van der Waals surface area contributed by atoms with E-state index in [9.17, 15) is 13.2 Å². The van der Waals surface area contributed by atoms with Gasteiger partial charge in [0.15, 0.2) is 6.10 Å². The third-order valence-corrected chi connectivity index (χ3v) is 7.46. The number of esters is 1. The number of rotatable bonds is 6.